The van der Waals surface area contributed by atoms with Gasteiger partial charge in [0, 0.05) is 50.3 Å². The zero-order valence-corrected chi connectivity index (χ0v) is 14.1. The second kappa shape index (κ2) is 7.29. The predicted molar refractivity (Wildman–Crippen MR) is 95.5 cm³/mol. The van der Waals surface area contributed by atoms with E-state index in [1.165, 1.54) is 5.69 Å². The van der Waals surface area contributed by atoms with Crippen LogP contribution in [0.3, 0.4) is 0 Å². The molecular weight excluding hydrogens is 302 g/mol. The van der Waals surface area contributed by atoms with Crippen molar-refractivity contribution in [3.05, 3.63) is 48.3 Å². The van der Waals surface area contributed by atoms with Crippen LogP contribution in [-0.2, 0) is 0 Å². The van der Waals surface area contributed by atoms with Gasteiger partial charge in [0.25, 0.3) is 5.91 Å². The lowest BCUT2D eigenvalue weighted by molar-refractivity contribution is 0.0942. The van der Waals surface area contributed by atoms with E-state index in [4.69, 9.17) is 0 Å². The van der Waals surface area contributed by atoms with Crippen LogP contribution in [0.2, 0.25) is 0 Å². The Morgan fingerprint density at radius 3 is 2.17 bits per heavy atom. The van der Waals surface area contributed by atoms with Crippen LogP contribution in [0.15, 0.2) is 42.7 Å². The second-order valence-electron chi connectivity index (χ2n) is 6.21. The minimum absolute atomic E-state index is 0.100. The third kappa shape index (κ3) is 3.82. The summed E-state index contributed by atoms with van der Waals surface area (Å²) in [4.78, 5) is 25.2. The zero-order valence-electron chi connectivity index (χ0n) is 14.1. The average Bonchev–Trinajstić information content (AvgIpc) is 2.62. The van der Waals surface area contributed by atoms with Gasteiger partial charge in [0.1, 0.15) is 0 Å². The molecule has 1 N–H and O–H groups in total. The smallest absolute Gasteiger partial charge is 0.254 e. The summed E-state index contributed by atoms with van der Waals surface area (Å²) in [5.41, 5.74) is 1.74. The molecule has 0 bridgehead atoms. The molecule has 1 aromatic carbocycles. The van der Waals surface area contributed by atoms with E-state index in [1.54, 1.807) is 12.4 Å². The quantitative estimate of drug-likeness (QED) is 0.931. The van der Waals surface area contributed by atoms with Crippen LogP contribution < -0.4 is 15.1 Å². The highest BCUT2D eigenvalue weighted by atomic mass is 16.1. The molecule has 1 aliphatic heterocycles. The fourth-order valence-electron chi connectivity index (χ4n) is 2.75. The molecule has 3 rings (SSSR count). The molecule has 0 radical (unpaired) electrons. The molecule has 1 fully saturated rings. The summed E-state index contributed by atoms with van der Waals surface area (Å²) in [7, 11) is 0. The second-order valence-corrected chi connectivity index (χ2v) is 6.21. The number of nitrogens with one attached hydrogen (secondary N) is 1. The normalized spacial score (nSPS) is 14.8. The molecule has 126 valence electrons. The first-order valence-corrected chi connectivity index (χ1v) is 8.31. The Hall–Kier alpha value is -2.63. The van der Waals surface area contributed by atoms with E-state index in [1.807, 2.05) is 19.9 Å². The summed E-state index contributed by atoms with van der Waals surface area (Å²) in [5.74, 6) is 0.550. The number of aromatic nitrogens is 2. The Morgan fingerprint density at radius 1 is 1.00 bits per heavy atom. The minimum atomic E-state index is -0.134. The first-order chi connectivity index (χ1) is 11.6. The van der Waals surface area contributed by atoms with Crippen LogP contribution in [0.25, 0.3) is 0 Å². The first kappa shape index (κ1) is 16.2. The number of benzene rings is 1. The summed E-state index contributed by atoms with van der Waals surface area (Å²) in [6.45, 7) is 7.46. The van der Waals surface area contributed by atoms with E-state index in [-0.39, 0.29) is 11.9 Å². The van der Waals surface area contributed by atoms with Gasteiger partial charge in [-0.1, -0.05) is 18.2 Å². The Labute approximate surface area is 142 Å². The van der Waals surface area contributed by atoms with Crippen molar-refractivity contribution in [1.29, 1.82) is 0 Å². The van der Waals surface area contributed by atoms with Crippen molar-refractivity contribution in [3.8, 4) is 0 Å². The largest absolute Gasteiger partial charge is 0.368 e. The lowest BCUT2D eigenvalue weighted by Crippen LogP contribution is -2.47. The number of rotatable bonds is 4. The van der Waals surface area contributed by atoms with Crippen molar-refractivity contribution < 1.29 is 4.79 Å². The number of para-hydroxylation sites is 1. The van der Waals surface area contributed by atoms with E-state index in [2.05, 4.69) is 49.4 Å². The van der Waals surface area contributed by atoms with Gasteiger partial charge in [-0.2, -0.15) is 0 Å². The standard InChI is InChI=1S/C18H23N5O/c1-14(2)21-17(24)15-12-19-18(20-13-15)23-10-8-22(9-11-23)16-6-4-3-5-7-16/h3-7,12-14H,8-11H2,1-2H3,(H,21,24). The fraction of sp³-hybridized carbons (Fsp3) is 0.389. The van der Waals surface area contributed by atoms with Crippen LogP contribution in [0.1, 0.15) is 24.2 Å². The maximum atomic E-state index is 11.9. The van der Waals surface area contributed by atoms with E-state index in [0.29, 0.717) is 11.5 Å². The number of carbonyl (C=O) groups is 1. The van der Waals surface area contributed by atoms with Crippen LogP contribution in [0, 0.1) is 0 Å². The van der Waals surface area contributed by atoms with Gasteiger partial charge in [-0.25, -0.2) is 9.97 Å². The van der Waals surface area contributed by atoms with E-state index in [0.717, 1.165) is 26.2 Å². The Kier molecular flexibility index (Phi) is 4.93. The molecule has 1 amide bonds. The van der Waals surface area contributed by atoms with Crippen LogP contribution in [0.5, 0.6) is 0 Å². The van der Waals surface area contributed by atoms with Gasteiger partial charge in [0.05, 0.1) is 5.56 Å². The van der Waals surface area contributed by atoms with E-state index in [9.17, 15) is 4.79 Å². The van der Waals surface area contributed by atoms with Gasteiger partial charge in [-0.15, -0.1) is 0 Å². The first-order valence-electron chi connectivity index (χ1n) is 8.31. The monoisotopic (exact) mass is 325 g/mol. The highest BCUT2D eigenvalue weighted by Gasteiger charge is 2.19. The number of piperazine rings is 1. The summed E-state index contributed by atoms with van der Waals surface area (Å²) in [5, 5.41) is 2.84. The van der Waals surface area contributed by atoms with Crippen molar-refractivity contribution >= 4 is 17.5 Å². The summed E-state index contributed by atoms with van der Waals surface area (Å²) in [6, 6.07) is 10.5. The molecule has 1 saturated heterocycles. The molecule has 6 nitrogen and oxygen atoms in total. The Morgan fingerprint density at radius 2 is 1.58 bits per heavy atom. The fourth-order valence-corrected chi connectivity index (χ4v) is 2.75. The Balaban J connectivity index is 1.59. The summed E-state index contributed by atoms with van der Waals surface area (Å²) >= 11 is 0. The maximum absolute atomic E-state index is 11.9. The van der Waals surface area contributed by atoms with Crippen molar-refractivity contribution in [2.75, 3.05) is 36.0 Å². The molecule has 24 heavy (non-hydrogen) atoms. The average molecular weight is 325 g/mol. The third-order valence-corrected chi connectivity index (χ3v) is 4.00. The van der Waals surface area contributed by atoms with Crippen molar-refractivity contribution in [3.63, 3.8) is 0 Å². The van der Waals surface area contributed by atoms with E-state index >= 15 is 0 Å². The van der Waals surface area contributed by atoms with Gasteiger partial charge in [0.2, 0.25) is 5.95 Å². The lowest BCUT2D eigenvalue weighted by atomic mass is 10.2. The van der Waals surface area contributed by atoms with Crippen molar-refractivity contribution in [2.45, 2.75) is 19.9 Å². The summed E-state index contributed by atoms with van der Waals surface area (Å²) < 4.78 is 0. The van der Waals surface area contributed by atoms with Gasteiger partial charge >= 0.3 is 0 Å². The topological polar surface area (TPSA) is 61.4 Å². The van der Waals surface area contributed by atoms with Crippen LogP contribution >= 0.6 is 0 Å². The number of hydrogen-bond acceptors (Lipinski definition) is 5. The summed E-state index contributed by atoms with van der Waals surface area (Å²) in [6.07, 6.45) is 3.20. The number of nitrogens with zero attached hydrogens (tertiary/aromatic N) is 4. The molecule has 0 saturated carbocycles. The van der Waals surface area contributed by atoms with Gasteiger partial charge in [0.15, 0.2) is 0 Å². The van der Waals surface area contributed by atoms with Crippen molar-refractivity contribution in [2.24, 2.45) is 0 Å². The van der Waals surface area contributed by atoms with Gasteiger partial charge in [-0.05, 0) is 26.0 Å². The molecule has 1 aromatic heterocycles. The van der Waals surface area contributed by atoms with Gasteiger partial charge in [-0.3, -0.25) is 4.79 Å². The molecule has 2 aromatic rings. The predicted octanol–water partition coefficient (Wildman–Crippen LogP) is 1.94. The number of amides is 1. The molecule has 0 spiro atoms. The van der Waals surface area contributed by atoms with Crippen LogP contribution in [-0.4, -0.2) is 48.1 Å². The van der Waals surface area contributed by atoms with Crippen LogP contribution in [0.4, 0.5) is 11.6 Å². The third-order valence-electron chi connectivity index (χ3n) is 4.00. The number of carbonyl (C=O) groups excluding carboxylic acids is 1. The maximum Gasteiger partial charge on any atom is 0.254 e. The minimum Gasteiger partial charge on any atom is -0.368 e. The van der Waals surface area contributed by atoms with E-state index < -0.39 is 0 Å². The number of anilines is 2. The van der Waals surface area contributed by atoms with Crippen molar-refractivity contribution in [1.82, 2.24) is 15.3 Å². The Bertz CT molecular complexity index is 664. The molecule has 0 aliphatic carbocycles. The highest BCUT2D eigenvalue weighted by Crippen LogP contribution is 2.17. The highest BCUT2D eigenvalue weighted by molar-refractivity contribution is 5.93. The zero-order chi connectivity index (χ0) is 16.9. The van der Waals surface area contributed by atoms with Gasteiger partial charge < -0.3 is 15.1 Å². The SMILES string of the molecule is CC(C)NC(=O)c1cnc(N2CCN(c3ccccc3)CC2)nc1. The molecule has 2 heterocycles. The molecular formula is C18H23N5O. The number of hydrogen-bond donors (Lipinski definition) is 1. The molecule has 0 atom stereocenters. The molecule has 0 unspecified atom stereocenters. The molecule has 6 heteroatoms. The lowest BCUT2D eigenvalue weighted by Gasteiger charge is -2.36. The molecule has 1 aliphatic rings.